The quantitative estimate of drug-likeness (QED) is 0.574. The predicted octanol–water partition coefficient (Wildman–Crippen LogP) is 5.24. The van der Waals surface area contributed by atoms with Gasteiger partial charge in [0.25, 0.3) is 0 Å². The summed E-state index contributed by atoms with van der Waals surface area (Å²) in [5.41, 5.74) is 1.13. The Morgan fingerprint density at radius 2 is 1.57 bits per heavy atom. The van der Waals surface area contributed by atoms with Crippen LogP contribution in [0.4, 0.5) is 0 Å². The van der Waals surface area contributed by atoms with Crippen molar-refractivity contribution >= 4 is 58.0 Å². The highest BCUT2D eigenvalue weighted by molar-refractivity contribution is 6.69. The summed E-state index contributed by atoms with van der Waals surface area (Å²) in [7, 11) is 0. The van der Waals surface area contributed by atoms with Crippen LogP contribution in [-0.2, 0) is 0 Å². The van der Waals surface area contributed by atoms with Crippen molar-refractivity contribution in [2.45, 2.75) is 10.7 Å². The standard InChI is InChI=1S/C7H7Cl.C2H2Cl4/c1-6-4-2-3-5-7(6)8;3-1-2(4,5)6/h2-5H,1H3;1H2. The molecule has 1 rings (SSSR count). The molecule has 0 aliphatic heterocycles. The van der Waals surface area contributed by atoms with E-state index in [4.69, 9.17) is 58.0 Å². The molecule has 0 N–H and O–H groups in total. The molecule has 0 bridgehead atoms. The first-order chi connectivity index (χ1) is 6.37. The van der Waals surface area contributed by atoms with Crippen LogP contribution in [0.3, 0.4) is 0 Å². The third-order valence-electron chi connectivity index (χ3n) is 1.23. The Morgan fingerprint density at radius 1 is 1.14 bits per heavy atom. The topological polar surface area (TPSA) is 0 Å². The number of hydrogen-bond acceptors (Lipinski definition) is 0. The number of aryl methyl sites for hydroxylation is 1. The summed E-state index contributed by atoms with van der Waals surface area (Å²) in [6, 6.07) is 7.77. The number of rotatable bonds is 0. The summed E-state index contributed by atoms with van der Waals surface area (Å²) < 4.78 is -1.28. The molecular formula is C9H9Cl5. The number of halogens is 5. The molecule has 0 aromatic heterocycles. The van der Waals surface area contributed by atoms with E-state index in [1.165, 1.54) is 0 Å². The second-order valence-electron chi connectivity index (χ2n) is 2.50. The van der Waals surface area contributed by atoms with Crippen LogP contribution in [0.2, 0.25) is 5.02 Å². The molecule has 0 aliphatic rings. The van der Waals surface area contributed by atoms with Gasteiger partial charge in [0.05, 0.1) is 5.88 Å². The van der Waals surface area contributed by atoms with Crippen molar-refractivity contribution in [3.05, 3.63) is 34.9 Å². The van der Waals surface area contributed by atoms with Gasteiger partial charge in [-0.25, -0.2) is 0 Å². The van der Waals surface area contributed by atoms with Crippen LogP contribution in [0, 0.1) is 6.92 Å². The maximum absolute atomic E-state index is 5.71. The second kappa shape index (κ2) is 7.03. The molecule has 0 spiro atoms. The fourth-order valence-electron chi connectivity index (χ4n) is 0.551. The van der Waals surface area contributed by atoms with Crippen LogP contribution in [0.5, 0.6) is 0 Å². The Balaban J connectivity index is 0.000000255. The third kappa shape index (κ3) is 8.02. The molecular weight excluding hydrogens is 285 g/mol. The lowest BCUT2D eigenvalue weighted by atomic mass is 10.2. The lowest BCUT2D eigenvalue weighted by Gasteiger charge is -2.00. The van der Waals surface area contributed by atoms with E-state index in [2.05, 4.69) is 0 Å². The first-order valence-electron chi connectivity index (χ1n) is 3.70. The Hall–Kier alpha value is 0.670. The Kier molecular flexibility index (Phi) is 7.36. The van der Waals surface area contributed by atoms with E-state index in [1.54, 1.807) is 0 Å². The number of alkyl halides is 4. The van der Waals surface area contributed by atoms with Crippen LogP contribution in [0.15, 0.2) is 24.3 Å². The molecule has 0 heterocycles. The molecule has 5 heteroatoms. The van der Waals surface area contributed by atoms with Crippen LogP contribution >= 0.6 is 58.0 Å². The lowest BCUT2D eigenvalue weighted by Crippen LogP contribution is -2.01. The summed E-state index contributed by atoms with van der Waals surface area (Å²) in [6.07, 6.45) is 0. The molecule has 0 radical (unpaired) electrons. The molecule has 0 unspecified atom stereocenters. The molecule has 0 aliphatic carbocycles. The minimum Gasteiger partial charge on any atom is -0.122 e. The van der Waals surface area contributed by atoms with Gasteiger partial charge in [-0.2, -0.15) is 0 Å². The van der Waals surface area contributed by atoms with E-state index in [0.717, 1.165) is 10.6 Å². The van der Waals surface area contributed by atoms with E-state index < -0.39 is 3.79 Å². The summed E-state index contributed by atoms with van der Waals surface area (Å²) in [5, 5.41) is 0.840. The fourth-order valence-corrected chi connectivity index (χ4v) is 0.687. The monoisotopic (exact) mass is 292 g/mol. The van der Waals surface area contributed by atoms with Gasteiger partial charge in [-0.15, -0.1) is 11.6 Å². The smallest absolute Gasteiger partial charge is 0.122 e. The molecule has 1 aromatic carbocycles. The minimum atomic E-state index is -1.28. The Labute approximate surface area is 109 Å². The zero-order valence-corrected chi connectivity index (χ0v) is 11.2. The summed E-state index contributed by atoms with van der Waals surface area (Å²) in [4.78, 5) is 0. The Bertz CT molecular complexity index is 245. The lowest BCUT2D eigenvalue weighted by molar-refractivity contribution is 1.28. The van der Waals surface area contributed by atoms with Crippen LogP contribution in [0.25, 0.3) is 0 Å². The summed E-state index contributed by atoms with van der Waals surface area (Å²) in [5.74, 6) is 0.0394. The largest absolute Gasteiger partial charge is 0.203 e. The Morgan fingerprint density at radius 3 is 1.79 bits per heavy atom. The molecule has 0 saturated carbocycles. The predicted molar refractivity (Wildman–Crippen MR) is 67.2 cm³/mol. The van der Waals surface area contributed by atoms with Gasteiger partial charge >= 0.3 is 0 Å². The van der Waals surface area contributed by atoms with E-state index in [9.17, 15) is 0 Å². The van der Waals surface area contributed by atoms with E-state index in [1.807, 2.05) is 31.2 Å². The van der Waals surface area contributed by atoms with Crippen molar-refractivity contribution < 1.29 is 0 Å². The normalized spacial score (nSPS) is 10.4. The molecule has 0 amide bonds. The molecule has 1 aromatic rings. The van der Waals surface area contributed by atoms with E-state index in [0.29, 0.717) is 0 Å². The third-order valence-corrected chi connectivity index (χ3v) is 2.86. The summed E-state index contributed by atoms with van der Waals surface area (Å²) >= 11 is 26.1. The van der Waals surface area contributed by atoms with Gasteiger partial charge in [0, 0.05) is 5.02 Å². The van der Waals surface area contributed by atoms with Gasteiger partial charge in [0.1, 0.15) is 0 Å². The zero-order chi connectivity index (χ0) is 11.2. The number of hydrogen-bond donors (Lipinski definition) is 0. The van der Waals surface area contributed by atoms with Crippen molar-refractivity contribution in [2.75, 3.05) is 5.88 Å². The van der Waals surface area contributed by atoms with Crippen molar-refractivity contribution in [3.63, 3.8) is 0 Å². The van der Waals surface area contributed by atoms with Crippen molar-refractivity contribution in [3.8, 4) is 0 Å². The first kappa shape index (κ1) is 14.7. The van der Waals surface area contributed by atoms with Gasteiger partial charge < -0.3 is 0 Å². The van der Waals surface area contributed by atoms with Gasteiger partial charge in [-0.05, 0) is 18.6 Å². The second-order valence-corrected chi connectivity index (χ2v) is 5.69. The maximum Gasteiger partial charge on any atom is 0.203 e. The van der Waals surface area contributed by atoms with Crippen LogP contribution in [0.1, 0.15) is 5.56 Å². The summed E-state index contributed by atoms with van der Waals surface area (Å²) in [6.45, 7) is 1.99. The van der Waals surface area contributed by atoms with Crippen molar-refractivity contribution in [1.29, 1.82) is 0 Å². The van der Waals surface area contributed by atoms with Crippen molar-refractivity contribution in [2.24, 2.45) is 0 Å². The molecule has 14 heavy (non-hydrogen) atoms. The molecule has 0 atom stereocenters. The van der Waals surface area contributed by atoms with Crippen LogP contribution < -0.4 is 0 Å². The average Bonchev–Trinajstić information content (AvgIpc) is 2.10. The van der Waals surface area contributed by atoms with Gasteiger partial charge in [0.15, 0.2) is 0 Å². The molecule has 0 nitrogen and oxygen atoms in total. The SMILES string of the molecule is Cc1ccccc1Cl.ClCC(Cl)(Cl)Cl. The highest BCUT2D eigenvalue weighted by Crippen LogP contribution is 2.26. The molecule has 0 saturated heterocycles. The fraction of sp³-hybridized carbons (Fsp3) is 0.333. The highest BCUT2D eigenvalue weighted by Gasteiger charge is 2.16. The molecule has 80 valence electrons. The van der Waals surface area contributed by atoms with Gasteiger partial charge in [-0.1, -0.05) is 64.6 Å². The zero-order valence-electron chi connectivity index (χ0n) is 7.41. The van der Waals surface area contributed by atoms with E-state index >= 15 is 0 Å². The van der Waals surface area contributed by atoms with Crippen LogP contribution in [-0.4, -0.2) is 9.67 Å². The van der Waals surface area contributed by atoms with Gasteiger partial charge in [-0.3, -0.25) is 0 Å². The van der Waals surface area contributed by atoms with Crippen molar-refractivity contribution in [1.82, 2.24) is 0 Å². The average molecular weight is 294 g/mol. The highest BCUT2D eigenvalue weighted by atomic mass is 35.6. The first-order valence-corrected chi connectivity index (χ1v) is 5.75. The number of benzene rings is 1. The van der Waals surface area contributed by atoms with E-state index in [-0.39, 0.29) is 5.88 Å². The van der Waals surface area contributed by atoms with Gasteiger partial charge in [0.2, 0.25) is 3.79 Å². The minimum absolute atomic E-state index is 0.0394. The maximum atomic E-state index is 5.71. The molecule has 0 fully saturated rings.